The molecule has 2 heterocycles. The highest BCUT2D eigenvalue weighted by molar-refractivity contribution is 6.30. The standard InChI is InChI=1S/C21H27ClN6O4/c1-4-32-21(31)27-11-9-26(10-12-27)19(29)15(3)28-13-18(14(2)25-28)24-20(30)23-17-7-5-16(22)6-8-17/h5-8,13,15H,4,9-12H2,1-3H3,(H2,23,24,30). The van der Waals surface area contributed by atoms with E-state index in [0.29, 0.717) is 54.9 Å². The van der Waals surface area contributed by atoms with Crippen molar-refractivity contribution in [2.45, 2.75) is 26.8 Å². The molecule has 1 aromatic heterocycles. The Morgan fingerprint density at radius 2 is 1.72 bits per heavy atom. The third-order valence-electron chi connectivity index (χ3n) is 5.14. The summed E-state index contributed by atoms with van der Waals surface area (Å²) in [5, 5.41) is 10.4. The number of anilines is 2. The predicted octanol–water partition coefficient (Wildman–Crippen LogP) is 3.35. The van der Waals surface area contributed by atoms with Gasteiger partial charge in [0, 0.05) is 43.1 Å². The molecule has 0 spiro atoms. The molecular formula is C21H27ClN6O4. The quantitative estimate of drug-likeness (QED) is 0.708. The van der Waals surface area contributed by atoms with Crippen LogP contribution in [0.3, 0.4) is 0 Å². The molecule has 2 aromatic rings. The molecule has 1 atom stereocenters. The van der Waals surface area contributed by atoms with Crippen LogP contribution in [0.25, 0.3) is 0 Å². The van der Waals surface area contributed by atoms with Crippen molar-refractivity contribution in [2.75, 3.05) is 43.4 Å². The number of halogens is 1. The topological polar surface area (TPSA) is 109 Å². The number of ether oxygens (including phenoxy) is 1. The molecule has 0 saturated carbocycles. The lowest BCUT2D eigenvalue weighted by molar-refractivity contribution is -0.136. The van der Waals surface area contributed by atoms with Crippen molar-refractivity contribution in [3.05, 3.63) is 41.2 Å². The van der Waals surface area contributed by atoms with E-state index in [9.17, 15) is 14.4 Å². The number of carbonyl (C=O) groups excluding carboxylic acids is 3. The molecule has 0 radical (unpaired) electrons. The zero-order valence-electron chi connectivity index (χ0n) is 18.3. The third-order valence-corrected chi connectivity index (χ3v) is 5.39. The van der Waals surface area contributed by atoms with Gasteiger partial charge in [-0.15, -0.1) is 0 Å². The van der Waals surface area contributed by atoms with Crippen LogP contribution in [0.1, 0.15) is 25.6 Å². The van der Waals surface area contributed by atoms with E-state index < -0.39 is 12.1 Å². The monoisotopic (exact) mass is 462 g/mol. The maximum Gasteiger partial charge on any atom is 0.409 e. The summed E-state index contributed by atoms with van der Waals surface area (Å²) in [6, 6.07) is 5.77. The van der Waals surface area contributed by atoms with Gasteiger partial charge in [0.2, 0.25) is 5.91 Å². The number of amides is 4. The highest BCUT2D eigenvalue weighted by atomic mass is 35.5. The van der Waals surface area contributed by atoms with Crippen LogP contribution in [0.5, 0.6) is 0 Å². The second kappa shape index (κ2) is 10.4. The van der Waals surface area contributed by atoms with Crippen molar-refractivity contribution in [1.82, 2.24) is 19.6 Å². The van der Waals surface area contributed by atoms with Gasteiger partial charge in [0.1, 0.15) is 6.04 Å². The summed E-state index contributed by atoms with van der Waals surface area (Å²) in [7, 11) is 0. The van der Waals surface area contributed by atoms with E-state index in [-0.39, 0.29) is 12.0 Å². The van der Waals surface area contributed by atoms with Crippen molar-refractivity contribution < 1.29 is 19.1 Å². The van der Waals surface area contributed by atoms with Crippen LogP contribution in [0.4, 0.5) is 21.0 Å². The summed E-state index contributed by atoms with van der Waals surface area (Å²) in [6.45, 7) is 7.29. The summed E-state index contributed by atoms with van der Waals surface area (Å²) in [5.74, 6) is -0.104. The second-order valence-electron chi connectivity index (χ2n) is 7.38. The Morgan fingerprint density at radius 3 is 2.34 bits per heavy atom. The Hall–Kier alpha value is -3.27. The Balaban J connectivity index is 1.57. The highest BCUT2D eigenvalue weighted by Crippen LogP contribution is 2.19. The fourth-order valence-corrected chi connectivity index (χ4v) is 3.45. The molecule has 0 bridgehead atoms. The number of hydrogen-bond acceptors (Lipinski definition) is 5. The van der Waals surface area contributed by atoms with Gasteiger partial charge in [-0.3, -0.25) is 9.48 Å². The van der Waals surface area contributed by atoms with E-state index in [4.69, 9.17) is 16.3 Å². The van der Waals surface area contributed by atoms with E-state index in [1.807, 2.05) is 0 Å². The molecule has 32 heavy (non-hydrogen) atoms. The summed E-state index contributed by atoms with van der Waals surface area (Å²) in [5.41, 5.74) is 1.69. The average molecular weight is 463 g/mol. The first-order valence-corrected chi connectivity index (χ1v) is 10.8. The minimum atomic E-state index is -0.558. The molecule has 3 rings (SSSR count). The molecule has 1 aliphatic rings. The van der Waals surface area contributed by atoms with Crippen LogP contribution in [-0.2, 0) is 9.53 Å². The number of aromatic nitrogens is 2. The van der Waals surface area contributed by atoms with Crippen LogP contribution in [0.15, 0.2) is 30.5 Å². The number of urea groups is 1. The maximum atomic E-state index is 12.9. The molecule has 1 aromatic carbocycles. The average Bonchev–Trinajstić information content (AvgIpc) is 3.14. The molecule has 172 valence electrons. The zero-order chi connectivity index (χ0) is 23.3. The molecule has 4 amide bonds. The molecule has 1 saturated heterocycles. The molecule has 0 aliphatic carbocycles. The SMILES string of the molecule is CCOC(=O)N1CCN(C(=O)C(C)n2cc(NC(=O)Nc3ccc(Cl)cc3)c(C)n2)CC1. The molecule has 2 N–H and O–H groups in total. The number of aryl methyl sites for hydroxylation is 1. The van der Waals surface area contributed by atoms with Gasteiger partial charge in [-0.05, 0) is 45.0 Å². The fourth-order valence-electron chi connectivity index (χ4n) is 3.32. The summed E-state index contributed by atoms with van der Waals surface area (Å²) >= 11 is 5.85. The molecule has 1 fully saturated rings. The number of nitrogens with zero attached hydrogens (tertiary/aromatic N) is 4. The fraction of sp³-hybridized carbons (Fsp3) is 0.429. The van der Waals surface area contributed by atoms with E-state index in [1.54, 1.807) is 61.0 Å². The second-order valence-corrected chi connectivity index (χ2v) is 7.82. The van der Waals surface area contributed by atoms with Crippen molar-refractivity contribution >= 4 is 41.0 Å². The Morgan fingerprint density at radius 1 is 1.09 bits per heavy atom. The summed E-state index contributed by atoms with van der Waals surface area (Å²) in [4.78, 5) is 40.4. The van der Waals surface area contributed by atoms with E-state index in [0.717, 1.165) is 0 Å². The number of hydrogen-bond donors (Lipinski definition) is 2. The molecular weight excluding hydrogens is 436 g/mol. The van der Waals surface area contributed by atoms with Crippen molar-refractivity contribution in [1.29, 1.82) is 0 Å². The van der Waals surface area contributed by atoms with E-state index in [2.05, 4.69) is 15.7 Å². The number of carbonyl (C=O) groups is 3. The van der Waals surface area contributed by atoms with E-state index >= 15 is 0 Å². The number of nitrogens with one attached hydrogen (secondary N) is 2. The molecule has 10 nitrogen and oxygen atoms in total. The zero-order valence-corrected chi connectivity index (χ0v) is 19.1. The van der Waals surface area contributed by atoms with Crippen LogP contribution in [0, 0.1) is 6.92 Å². The lowest BCUT2D eigenvalue weighted by atomic mass is 10.2. The number of piperazine rings is 1. The largest absolute Gasteiger partial charge is 0.450 e. The number of rotatable bonds is 5. The van der Waals surface area contributed by atoms with Gasteiger partial charge < -0.3 is 25.2 Å². The highest BCUT2D eigenvalue weighted by Gasteiger charge is 2.29. The van der Waals surface area contributed by atoms with Crippen LogP contribution in [-0.4, -0.2) is 70.4 Å². The van der Waals surface area contributed by atoms with Crippen LogP contribution < -0.4 is 10.6 Å². The van der Waals surface area contributed by atoms with Gasteiger partial charge in [0.15, 0.2) is 0 Å². The van der Waals surface area contributed by atoms with Crippen molar-refractivity contribution in [2.24, 2.45) is 0 Å². The molecule has 1 unspecified atom stereocenters. The van der Waals surface area contributed by atoms with Gasteiger partial charge in [-0.25, -0.2) is 9.59 Å². The first-order valence-electron chi connectivity index (χ1n) is 10.4. The number of benzene rings is 1. The summed E-state index contributed by atoms with van der Waals surface area (Å²) < 4.78 is 6.54. The van der Waals surface area contributed by atoms with E-state index in [1.165, 1.54) is 4.68 Å². The van der Waals surface area contributed by atoms with Gasteiger partial charge in [-0.2, -0.15) is 5.10 Å². The minimum absolute atomic E-state index is 0.104. The van der Waals surface area contributed by atoms with Crippen molar-refractivity contribution in [3.63, 3.8) is 0 Å². The molecule has 1 aliphatic heterocycles. The van der Waals surface area contributed by atoms with Crippen LogP contribution >= 0.6 is 11.6 Å². The first kappa shape index (κ1) is 23.4. The van der Waals surface area contributed by atoms with Crippen LogP contribution in [0.2, 0.25) is 5.02 Å². The lowest BCUT2D eigenvalue weighted by Crippen LogP contribution is -2.52. The Bertz CT molecular complexity index is 969. The normalized spacial score (nSPS) is 14.6. The van der Waals surface area contributed by atoms with Gasteiger partial charge in [0.05, 0.1) is 18.0 Å². The lowest BCUT2D eigenvalue weighted by Gasteiger charge is -2.35. The summed E-state index contributed by atoms with van der Waals surface area (Å²) in [6.07, 6.45) is 1.27. The third kappa shape index (κ3) is 5.70. The van der Waals surface area contributed by atoms with Gasteiger partial charge in [-0.1, -0.05) is 11.6 Å². The van der Waals surface area contributed by atoms with Crippen molar-refractivity contribution in [3.8, 4) is 0 Å². The van der Waals surface area contributed by atoms with Gasteiger partial charge >= 0.3 is 12.1 Å². The Labute approximate surface area is 191 Å². The maximum absolute atomic E-state index is 12.9. The molecule has 11 heteroatoms. The Kier molecular flexibility index (Phi) is 7.57. The smallest absolute Gasteiger partial charge is 0.409 e. The first-order chi connectivity index (χ1) is 15.3. The van der Waals surface area contributed by atoms with Gasteiger partial charge in [0.25, 0.3) is 0 Å². The minimum Gasteiger partial charge on any atom is -0.450 e. The predicted molar refractivity (Wildman–Crippen MR) is 121 cm³/mol.